The number of hydrogen-bond acceptors (Lipinski definition) is 3. The summed E-state index contributed by atoms with van der Waals surface area (Å²) in [5.41, 5.74) is 0. The van der Waals surface area contributed by atoms with E-state index in [1.54, 1.807) is 0 Å². The normalized spacial score (nSPS) is 12.7. The average molecular weight is 146 g/mol. The van der Waals surface area contributed by atoms with Crippen LogP contribution in [0.15, 0.2) is 0 Å². The molecule has 0 fully saturated rings. The maximum atomic E-state index is 10.4. The van der Waals surface area contributed by atoms with Crippen LogP contribution in [0.3, 0.4) is 0 Å². The molecule has 0 heterocycles. The van der Waals surface area contributed by atoms with E-state index in [2.05, 4.69) is 12.2 Å². The Balaban J connectivity index is 3.26. The fourth-order valence-electron chi connectivity index (χ4n) is 0.367. The summed E-state index contributed by atoms with van der Waals surface area (Å²) in [6, 6.07) is 0. The van der Waals surface area contributed by atoms with E-state index in [9.17, 15) is 4.79 Å². The van der Waals surface area contributed by atoms with Gasteiger partial charge in [0.1, 0.15) is 6.61 Å². The van der Waals surface area contributed by atoms with Crippen LogP contribution < -0.4 is 5.32 Å². The first-order valence-electron chi connectivity index (χ1n) is 2.94. The molecule has 1 amide bonds. The highest BCUT2D eigenvalue weighted by Gasteiger charge is 2.01. The number of hydrogen-bond donors (Lipinski definition) is 2. The molecule has 0 aromatic carbocycles. The van der Waals surface area contributed by atoms with E-state index in [4.69, 9.17) is 9.84 Å². The highest BCUT2D eigenvalue weighted by Crippen LogP contribution is 1.81. The van der Waals surface area contributed by atoms with Crippen molar-refractivity contribution in [1.29, 1.82) is 0 Å². The van der Waals surface area contributed by atoms with Crippen molar-refractivity contribution in [1.82, 2.24) is 5.32 Å². The van der Waals surface area contributed by atoms with E-state index in [-0.39, 0.29) is 6.10 Å². The third-order valence-electron chi connectivity index (χ3n) is 1.00. The largest absolute Gasteiger partial charge is 0.387 e. The van der Waals surface area contributed by atoms with E-state index >= 15 is 0 Å². The van der Waals surface area contributed by atoms with Gasteiger partial charge in [-0.1, -0.05) is 0 Å². The Hall–Kier alpha value is -0.610. The Morgan fingerprint density at radius 1 is 1.90 bits per heavy atom. The molecule has 0 rings (SSSR count). The number of amides is 1. The number of methoxy groups -OCH3 is 1. The smallest absolute Gasteiger partial charge is 0.245 e. The zero-order valence-corrected chi connectivity index (χ0v) is 5.96. The summed E-state index contributed by atoms with van der Waals surface area (Å²) in [6.45, 7) is 3.38. The van der Waals surface area contributed by atoms with E-state index in [0.29, 0.717) is 6.54 Å². The molecule has 0 aliphatic carbocycles. The van der Waals surface area contributed by atoms with Crippen molar-refractivity contribution in [3.8, 4) is 0 Å². The lowest BCUT2D eigenvalue weighted by Crippen LogP contribution is -2.33. The SMILES string of the molecule is [CH2]C(CNC(=O)CO)OC. The van der Waals surface area contributed by atoms with Crippen molar-refractivity contribution >= 4 is 5.91 Å². The number of aliphatic hydroxyl groups excluding tert-OH is 1. The fourth-order valence-corrected chi connectivity index (χ4v) is 0.367. The maximum Gasteiger partial charge on any atom is 0.245 e. The van der Waals surface area contributed by atoms with E-state index in [0.717, 1.165) is 0 Å². The molecule has 0 aromatic heterocycles. The predicted octanol–water partition coefficient (Wildman–Crippen LogP) is -1.06. The molecule has 0 saturated heterocycles. The number of rotatable bonds is 4. The first kappa shape index (κ1) is 9.39. The number of ether oxygens (including phenoxy) is 1. The highest BCUT2D eigenvalue weighted by atomic mass is 16.5. The molecule has 59 valence electrons. The molecule has 0 spiro atoms. The van der Waals surface area contributed by atoms with Gasteiger partial charge in [-0.05, 0) is 6.92 Å². The zero-order valence-electron chi connectivity index (χ0n) is 5.96. The van der Waals surface area contributed by atoms with E-state index in [1.807, 2.05) is 0 Å². The zero-order chi connectivity index (χ0) is 7.98. The third-order valence-corrected chi connectivity index (χ3v) is 1.00. The summed E-state index contributed by atoms with van der Waals surface area (Å²) in [7, 11) is 1.50. The molecule has 2 N–H and O–H groups in total. The lowest BCUT2D eigenvalue weighted by molar-refractivity contribution is -0.124. The molecular formula is C6H12NO3. The standard InChI is InChI=1S/C6H12NO3/c1-5(10-2)3-7-6(9)4-8/h5,8H,1,3-4H2,2H3,(H,7,9). The summed E-state index contributed by atoms with van der Waals surface area (Å²) in [5, 5.41) is 10.7. The Labute approximate surface area is 60.2 Å². The Morgan fingerprint density at radius 2 is 2.50 bits per heavy atom. The predicted molar refractivity (Wildman–Crippen MR) is 36.2 cm³/mol. The van der Waals surface area contributed by atoms with Crippen LogP contribution in [-0.4, -0.2) is 37.4 Å². The molecule has 4 nitrogen and oxygen atoms in total. The van der Waals surface area contributed by atoms with Crippen LogP contribution >= 0.6 is 0 Å². The molecular weight excluding hydrogens is 134 g/mol. The lowest BCUT2D eigenvalue weighted by Gasteiger charge is -2.08. The molecule has 0 aliphatic rings. The summed E-state index contributed by atoms with van der Waals surface area (Å²) in [5.74, 6) is -0.411. The minimum Gasteiger partial charge on any atom is -0.387 e. The van der Waals surface area contributed by atoms with Gasteiger partial charge in [0.2, 0.25) is 5.91 Å². The van der Waals surface area contributed by atoms with Gasteiger partial charge in [-0.25, -0.2) is 0 Å². The van der Waals surface area contributed by atoms with Gasteiger partial charge < -0.3 is 15.2 Å². The van der Waals surface area contributed by atoms with E-state index < -0.39 is 12.5 Å². The number of nitrogens with one attached hydrogen (secondary N) is 1. The first-order chi connectivity index (χ1) is 4.70. The van der Waals surface area contributed by atoms with Crippen molar-refractivity contribution in [3.63, 3.8) is 0 Å². The van der Waals surface area contributed by atoms with Crippen LogP contribution in [0.5, 0.6) is 0 Å². The first-order valence-corrected chi connectivity index (χ1v) is 2.94. The van der Waals surface area contributed by atoms with Gasteiger partial charge in [-0.15, -0.1) is 0 Å². The number of aliphatic hydroxyl groups is 1. The van der Waals surface area contributed by atoms with Crippen molar-refractivity contribution < 1.29 is 14.6 Å². The summed E-state index contributed by atoms with van der Waals surface area (Å²) < 4.78 is 4.74. The second kappa shape index (κ2) is 5.20. The Morgan fingerprint density at radius 3 is 2.90 bits per heavy atom. The quantitative estimate of drug-likeness (QED) is 0.531. The van der Waals surface area contributed by atoms with Gasteiger partial charge in [0.15, 0.2) is 0 Å². The van der Waals surface area contributed by atoms with Gasteiger partial charge in [0, 0.05) is 13.7 Å². The fraction of sp³-hybridized carbons (Fsp3) is 0.667. The van der Waals surface area contributed by atoms with Crippen molar-refractivity contribution in [2.75, 3.05) is 20.3 Å². The third kappa shape index (κ3) is 4.29. The molecule has 1 atom stereocenters. The van der Waals surface area contributed by atoms with Crippen LogP contribution in [-0.2, 0) is 9.53 Å². The lowest BCUT2D eigenvalue weighted by atomic mass is 10.4. The van der Waals surface area contributed by atoms with Crippen molar-refractivity contribution in [3.05, 3.63) is 6.92 Å². The molecule has 1 unspecified atom stereocenters. The van der Waals surface area contributed by atoms with Crippen LogP contribution in [0.4, 0.5) is 0 Å². The van der Waals surface area contributed by atoms with Crippen molar-refractivity contribution in [2.45, 2.75) is 6.10 Å². The van der Waals surface area contributed by atoms with Crippen LogP contribution in [0.1, 0.15) is 0 Å². The summed E-state index contributed by atoms with van der Waals surface area (Å²) in [6.07, 6.45) is -0.254. The molecule has 0 aromatic rings. The number of carbonyl (C=O) groups is 1. The second-order valence-corrected chi connectivity index (χ2v) is 1.82. The Kier molecular flexibility index (Phi) is 4.88. The topological polar surface area (TPSA) is 58.6 Å². The van der Waals surface area contributed by atoms with Crippen LogP contribution in [0.2, 0.25) is 0 Å². The number of carbonyl (C=O) groups excluding carboxylic acids is 1. The molecule has 0 aliphatic heterocycles. The molecule has 0 bridgehead atoms. The second-order valence-electron chi connectivity index (χ2n) is 1.82. The van der Waals surface area contributed by atoms with Gasteiger partial charge in [-0.3, -0.25) is 4.79 Å². The molecule has 10 heavy (non-hydrogen) atoms. The molecule has 4 heteroatoms. The van der Waals surface area contributed by atoms with Gasteiger partial charge in [0.25, 0.3) is 0 Å². The molecule has 0 saturated carbocycles. The Bertz CT molecular complexity index is 105. The highest BCUT2D eigenvalue weighted by molar-refractivity contribution is 5.76. The molecule has 1 radical (unpaired) electrons. The van der Waals surface area contributed by atoms with Crippen molar-refractivity contribution in [2.24, 2.45) is 0 Å². The van der Waals surface area contributed by atoms with Crippen LogP contribution in [0.25, 0.3) is 0 Å². The average Bonchev–Trinajstić information content (AvgIpc) is 1.99. The monoisotopic (exact) mass is 146 g/mol. The van der Waals surface area contributed by atoms with Gasteiger partial charge in [0.05, 0.1) is 6.10 Å². The maximum absolute atomic E-state index is 10.4. The van der Waals surface area contributed by atoms with E-state index in [1.165, 1.54) is 7.11 Å². The minimum absolute atomic E-state index is 0.254. The van der Waals surface area contributed by atoms with Crippen LogP contribution in [0, 0.1) is 6.92 Å². The minimum atomic E-state index is -0.490. The van der Waals surface area contributed by atoms with Gasteiger partial charge in [-0.2, -0.15) is 0 Å². The summed E-state index contributed by atoms with van der Waals surface area (Å²) >= 11 is 0. The van der Waals surface area contributed by atoms with Gasteiger partial charge >= 0.3 is 0 Å². The summed E-state index contributed by atoms with van der Waals surface area (Å²) in [4.78, 5) is 10.4.